The molecule has 2 saturated carbocycles. The number of rotatable bonds is 5. The summed E-state index contributed by atoms with van der Waals surface area (Å²) in [5.41, 5.74) is 0. The van der Waals surface area contributed by atoms with Gasteiger partial charge in [-0.15, -0.1) is 0 Å². The molecule has 0 bridgehead atoms. The Morgan fingerprint density at radius 3 is 2.53 bits per heavy atom. The number of nitrogens with one attached hydrogen (secondary N) is 1. The number of hydrogen-bond acceptors (Lipinski definition) is 1. The van der Waals surface area contributed by atoms with Crippen molar-refractivity contribution in [1.82, 2.24) is 5.32 Å². The van der Waals surface area contributed by atoms with Gasteiger partial charge in [0, 0.05) is 0 Å². The zero-order valence-electron chi connectivity index (χ0n) is 10.5. The molecule has 2 aliphatic rings. The molecule has 3 unspecified atom stereocenters. The van der Waals surface area contributed by atoms with Gasteiger partial charge in [0.2, 0.25) is 0 Å². The van der Waals surface area contributed by atoms with Gasteiger partial charge in [-0.05, 0) is 62.9 Å². The van der Waals surface area contributed by atoms with Gasteiger partial charge in [0.1, 0.15) is 0 Å². The molecule has 0 saturated heterocycles. The highest BCUT2D eigenvalue weighted by Gasteiger charge is 2.39. The third-order valence-corrected chi connectivity index (χ3v) is 4.55. The van der Waals surface area contributed by atoms with E-state index in [-0.39, 0.29) is 0 Å². The van der Waals surface area contributed by atoms with E-state index in [1.165, 1.54) is 45.1 Å². The molecule has 15 heavy (non-hydrogen) atoms. The lowest BCUT2D eigenvalue weighted by molar-refractivity contribution is 0.151. The van der Waals surface area contributed by atoms with Crippen molar-refractivity contribution in [1.29, 1.82) is 0 Å². The topological polar surface area (TPSA) is 12.0 Å². The molecule has 0 aromatic carbocycles. The predicted molar refractivity (Wildman–Crippen MR) is 65.9 cm³/mol. The van der Waals surface area contributed by atoms with Gasteiger partial charge >= 0.3 is 0 Å². The van der Waals surface area contributed by atoms with Crippen molar-refractivity contribution in [3.8, 4) is 0 Å². The summed E-state index contributed by atoms with van der Waals surface area (Å²) in [6.45, 7) is 3.60. The highest BCUT2D eigenvalue weighted by molar-refractivity contribution is 4.90. The minimum atomic E-state index is 0.996. The van der Waals surface area contributed by atoms with Crippen LogP contribution in [0.25, 0.3) is 0 Å². The SMILES string of the molecule is CCCC1CCC(CNC)C(C2CC2)C1. The molecular formula is C14H27N. The van der Waals surface area contributed by atoms with Gasteiger partial charge in [0.15, 0.2) is 0 Å². The lowest BCUT2D eigenvalue weighted by atomic mass is 9.70. The highest BCUT2D eigenvalue weighted by Crippen LogP contribution is 2.48. The maximum absolute atomic E-state index is 3.40. The fourth-order valence-electron chi connectivity index (χ4n) is 3.65. The van der Waals surface area contributed by atoms with Crippen LogP contribution in [0.2, 0.25) is 0 Å². The third kappa shape index (κ3) is 2.96. The van der Waals surface area contributed by atoms with E-state index in [2.05, 4.69) is 19.3 Å². The minimum Gasteiger partial charge on any atom is -0.319 e. The molecule has 2 fully saturated rings. The van der Waals surface area contributed by atoms with Crippen molar-refractivity contribution in [3.05, 3.63) is 0 Å². The van der Waals surface area contributed by atoms with Gasteiger partial charge in [0.25, 0.3) is 0 Å². The van der Waals surface area contributed by atoms with E-state index in [1.807, 2.05) is 0 Å². The predicted octanol–water partition coefficient (Wildman–Crippen LogP) is 3.45. The van der Waals surface area contributed by atoms with E-state index >= 15 is 0 Å². The van der Waals surface area contributed by atoms with E-state index < -0.39 is 0 Å². The quantitative estimate of drug-likeness (QED) is 0.731. The first kappa shape index (κ1) is 11.4. The van der Waals surface area contributed by atoms with E-state index in [4.69, 9.17) is 0 Å². The van der Waals surface area contributed by atoms with E-state index in [9.17, 15) is 0 Å². The molecule has 0 aromatic rings. The van der Waals surface area contributed by atoms with Crippen molar-refractivity contribution >= 4 is 0 Å². The molecule has 0 radical (unpaired) electrons. The molecule has 2 aliphatic carbocycles. The Hall–Kier alpha value is -0.0400. The summed E-state index contributed by atoms with van der Waals surface area (Å²) in [4.78, 5) is 0. The normalized spacial score (nSPS) is 36.8. The Bertz CT molecular complexity index is 186. The molecule has 3 atom stereocenters. The highest BCUT2D eigenvalue weighted by atomic mass is 14.8. The van der Waals surface area contributed by atoms with E-state index in [1.54, 1.807) is 6.42 Å². The zero-order valence-corrected chi connectivity index (χ0v) is 10.5. The second kappa shape index (κ2) is 5.34. The first-order valence-corrected chi connectivity index (χ1v) is 6.99. The Balaban J connectivity index is 1.87. The maximum Gasteiger partial charge on any atom is -0.00208 e. The van der Waals surface area contributed by atoms with Crippen LogP contribution in [-0.2, 0) is 0 Å². The summed E-state index contributed by atoms with van der Waals surface area (Å²) in [5.74, 6) is 4.25. The summed E-state index contributed by atoms with van der Waals surface area (Å²) in [6, 6.07) is 0. The molecule has 0 spiro atoms. The summed E-state index contributed by atoms with van der Waals surface area (Å²) < 4.78 is 0. The van der Waals surface area contributed by atoms with Crippen LogP contribution < -0.4 is 5.32 Å². The second-order valence-corrected chi connectivity index (χ2v) is 5.79. The first-order chi connectivity index (χ1) is 7.35. The molecular weight excluding hydrogens is 182 g/mol. The lowest BCUT2D eigenvalue weighted by Gasteiger charge is -2.36. The van der Waals surface area contributed by atoms with Crippen LogP contribution in [0.5, 0.6) is 0 Å². The summed E-state index contributed by atoms with van der Waals surface area (Å²) in [7, 11) is 2.11. The Labute approximate surface area is 95.0 Å². The van der Waals surface area contributed by atoms with Gasteiger partial charge in [-0.25, -0.2) is 0 Å². The van der Waals surface area contributed by atoms with E-state index in [0.29, 0.717) is 0 Å². The van der Waals surface area contributed by atoms with Crippen molar-refractivity contribution in [2.75, 3.05) is 13.6 Å². The molecule has 0 amide bonds. The van der Waals surface area contributed by atoms with Crippen molar-refractivity contribution in [3.63, 3.8) is 0 Å². The third-order valence-electron chi connectivity index (χ3n) is 4.55. The smallest absolute Gasteiger partial charge is 0.00208 e. The average Bonchev–Trinajstić information content (AvgIpc) is 3.04. The molecule has 0 aliphatic heterocycles. The minimum absolute atomic E-state index is 0.996. The maximum atomic E-state index is 3.40. The summed E-state index contributed by atoms with van der Waals surface area (Å²) >= 11 is 0. The summed E-state index contributed by atoms with van der Waals surface area (Å²) in [5, 5.41) is 3.40. The van der Waals surface area contributed by atoms with Crippen molar-refractivity contribution < 1.29 is 0 Å². The van der Waals surface area contributed by atoms with Crippen molar-refractivity contribution in [2.45, 2.75) is 51.9 Å². The Morgan fingerprint density at radius 1 is 1.13 bits per heavy atom. The molecule has 1 heteroatoms. The van der Waals surface area contributed by atoms with Gasteiger partial charge in [-0.2, -0.15) is 0 Å². The van der Waals surface area contributed by atoms with E-state index in [0.717, 1.165) is 23.7 Å². The summed E-state index contributed by atoms with van der Waals surface area (Å²) in [6.07, 6.45) is 10.5. The molecule has 0 aromatic heterocycles. The average molecular weight is 209 g/mol. The van der Waals surface area contributed by atoms with Crippen LogP contribution >= 0.6 is 0 Å². The standard InChI is InChI=1S/C14H27N/c1-3-4-11-5-6-13(10-15-2)14(9-11)12-7-8-12/h11-15H,3-10H2,1-2H3. The molecule has 88 valence electrons. The van der Waals surface area contributed by atoms with Crippen molar-refractivity contribution in [2.24, 2.45) is 23.7 Å². The van der Waals surface area contributed by atoms with Crippen LogP contribution in [0.3, 0.4) is 0 Å². The fourth-order valence-corrected chi connectivity index (χ4v) is 3.65. The molecule has 1 nitrogen and oxygen atoms in total. The van der Waals surface area contributed by atoms with Gasteiger partial charge in [0.05, 0.1) is 0 Å². The van der Waals surface area contributed by atoms with Crippen LogP contribution in [0.4, 0.5) is 0 Å². The van der Waals surface area contributed by atoms with Crippen LogP contribution in [-0.4, -0.2) is 13.6 Å². The van der Waals surface area contributed by atoms with Crippen LogP contribution in [0.1, 0.15) is 51.9 Å². The fraction of sp³-hybridized carbons (Fsp3) is 1.00. The zero-order chi connectivity index (χ0) is 10.7. The monoisotopic (exact) mass is 209 g/mol. The molecule has 0 heterocycles. The first-order valence-electron chi connectivity index (χ1n) is 6.99. The second-order valence-electron chi connectivity index (χ2n) is 5.79. The molecule has 2 rings (SSSR count). The Morgan fingerprint density at radius 2 is 1.93 bits per heavy atom. The van der Waals surface area contributed by atoms with Gasteiger partial charge in [-0.1, -0.05) is 26.2 Å². The number of hydrogen-bond donors (Lipinski definition) is 1. The lowest BCUT2D eigenvalue weighted by Crippen LogP contribution is -2.33. The van der Waals surface area contributed by atoms with Gasteiger partial charge in [-0.3, -0.25) is 0 Å². The Kier molecular flexibility index (Phi) is 4.07. The van der Waals surface area contributed by atoms with Crippen LogP contribution in [0.15, 0.2) is 0 Å². The van der Waals surface area contributed by atoms with Gasteiger partial charge < -0.3 is 5.32 Å². The molecule has 1 N–H and O–H groups in total. The van der Waals surface area contributed by atoms with Crippen LogP contribution in [0, 0.1) is 23.7 Å². The largest absolute Gasteiger partial charge is 0.319 e.